The molecule has 1 aliphatic rings. The number of aromatic amines is 1. The van der Waals surface area contributed by atoms with Gasteiger partial charge in [0, 0.05) is 31.3 Å². The number of carbonyl (C=O) groups excluding carboxylic acids is 5. The molecule has 0 bridgehead atoms. The van der Waals surface area contributed by atoms with Gasteiger partial charge in [-0.05, 0) is 30.5 Å². The van der Waals surface area contributed by atoms with E-state index in [1.165, 1.54) is 29.6 Å². The van der Waals surface area contributed by atoms with Crippen molar-refractivity contribution in [3.05, 3.63) is 48.0 Å². The summed E-state index contributed by atoms with van der Waals surface area (Å²) in [7, 11) is 0. The predicted octanol–water partition coefficient (Wildman–Crippen LogP) is -3.86. The topological polar surface area (TPSA) is 266 Å². The summed E-state index contributed by atoms with van der Waals surface area (Å²) in [6.45, 7) is -1.18. The van der Waals surface area contributed by atoms with Crippen LogP contribution in [0.1, 0.15) is 24.1 Å². The molecule has 1 aromatic heterocycles. The lowest BCUT2D eigenvalue weighted by Crippen LogP contribution is -2.60. The quantitative estimate of drug-likeness (QED) is 0.104. The summed E-state index contributed by atoms with van der Waals surface area (Å²) in [5.41, 5.74) is 12.2. The number of hydrogen-bond donors (Lipinski definition) is 9. The standard InChI is InChI=1S/C26H36N8O8/c27-17(11-35)26(42)34-7-1-2-21(34)25(41)32-19(9-15-10-29-13-30-15)23(39)33-20(12-36)24(40)31-18(22(28)38)8-14-3-5-16(37)6-4-14/h3-6,10,13,17-21,35-37H,1-2,7-9,11-12,27H2,(H2,28,38)(H,29,30)(H,31,40)(H,32,41)(H,33,39)/t17-,18-,19-,20-,21-/m0/s1. The molecule has 1 fully saturated rings. The largest absolute Gasteiger partial charge is 0.508 e. The monoisotopic (exact) mass is 588 g/mol. The van der Waals surface area contributed by atoms with E-state index in [9.17, 15) is 39.3 Å². The second-order valence-electron chi connectivity index (χ2n) is 9.90. The highest BCUT2D eigenvalue weighted by molar-refractivity contribution is 5.96. The van der Waals surface area contributed by atoms with Crippen LogP contribution in [0.4, 0.5) is 0 Å². The first-order chi connectivity index (χ1) is 20.0. The number of phenols is 1. The van der Waals surface area contributed by atoms with Crippen molar-refractivity contribution in [1.82, 2.24) is 30.8 Å². The highest BCUT2D eigenvalue weighted by Crippen LogP contribution is 2.19. The van der Waals surface area contributed by atoms with Gasteiger partial charge >= 0.3 is 0 Å². The SMILES string of the molecule is NC(=O)[C@H](Cc1ccc(O)cc1)NC(=O)[C@H](CO)NC(=O)[C@H](Cc1cnc[nH]1)NC(=O)[C@@H]1CCCN1C(=O)[C@@H](N)CO. The summed E-state index contributed by atoms with van der Waals surface area (Å²) < 4.78 is 0. The van der Waals surface area contributed by atoms with Crippen LogP contribution < -0.4 is 27.4 Å². The molecule has 3 rings (SSSR count). The zero-order valence-corrected chi connectivity index (χ0v) is 22.7. The van der Waals surface area contributed by atoms with Crippen molar-refractivity contribution in [3.8, 4) is 5.75 Å². The third kappa shape index (κ3) is 8.48. The van der Waals surface area contributed by atoms with E-state index in [1.54, 1.807) is 12.1 Å². The normalized spacial score (nSPS) is 17.5. The number of amides is 5. The zero-order valence-electron chi connectivity index (χ0n) is 22.7. The van der Waals surface area contributed by atoms with Gasteiger partial charge in [-0.2, -0.15) is 0 Å². The maximum Gasteiger partial charge on any atom is 0.245 e. The summed E-state index contributed by atoms with van der Waals surface area (Å²) in [4.78, 5) is 72.0. The van der Waals surface area contributed by atoms with Gasteiger partial charge < -0.3 is 52.6 Å². The average Bonchev–Trinajstić information content (AvgIpc) is 3.67. The minimum atomic E-state index is -1.51. The molecular formula is C26H36N8O8. The molecule has 0 unspecified atom stereocenters. The van der Waals surface area contributed by atoms with E-state index >= 15 is 0 Å². The van der Waals surface area contributed by atoms with E-state index in [0.29, 0.717) is 24.1 Å². The number of aliphatic hydroxyl groups is 2. The van der Waals surface area contributed by atoms with Crippen LogP contribution in [-0.4, -0.2) is 110 Å². The van der Waals surface area contributed by atoms with Gasteiger partial charge in [0.15, 0.2) is 0 Å². The summed E-state index contributed by atoms with van der Waals surface area (Å²) in [5.74, 6) is -3.81. The highest BCUT2D eigenvalue weighted by Gasteiger charge is 2.38. The van der Waals surface area contributed by atoms with Crippen LogP contribution in [0.2, 0.25) is 0 Å². The number of phenolic OH excluding ortho intramolecular Hbond substituents is 1. The smallest absolute Gasteiger partial charge is 0.245 e. The highest BCUT2D eigenvalue weighted by atomic mass is 16.3. The number of rotatable bonds is 14. The minimum absolute atomic E-state index is 0.0114. The number of benzene rings is 1. The van der Waals surface area contributed by atoms with Crippen LogP contribution >= 0.6 is 0 Å². The second kappa shape index (κ2) is 14.9. The van der Waals surface area contributed by atoms with Crippen molar-refractivity contribution < 1.29 is 39.3 Å². The van der Waals surface area contributed by atoms with Gasteiger partial charge in [-0.15, -0.1) is 0 Å². The van der Waals surface area contributed by atoms with E-state index in [1.807, 2.05) is 0 Å². The number of aromatic hydroxyl groups is 1. The minimum Gasteiger partial charge on any atom is -0.508 e. The Morgan fingerprint density at radius 1 is 0.976 bits per heavy atom. The predicted molar refractivity (Wildman–Crippen MR) is 146 cm³/mol. The number of H-pyrrole nitrogens is 1. The number of hydrogen-bond acceptors (Lipinski definition) is 10. The summed E-state index contributed by atoms with van der Waals surface area (Å²) in [6.07, 6.45) is 3.56. The van der Waals surface area contributed by atoms with Crippen molar-refractivity contribution >= 4 is 29.5 Å². The molecule has 42 heavy (non-hydrogen) atoms. The Hall–Kier alpha value is -4.54. The summed E-state index contributed by atoms with van der Waals surface area (Å²) in [6, 6.07) is -0.178. The van der Waals surface area contributed by atoms with Gasteiger partial charge in [-0.3, -0.25) is 24.0 Å². The molecule has 5 atom stereocenters. The van der Waals surface area contributed by atoms with Crippen LogP contribution in [0.15, 0.2) is 36.8 Å². The number of nitrogens with two attached hydrogens (primary N) is 2. The van der Waals surface area contributed by atoms with Crippen LogP contribution in [0.5, 0.6) is 5.75 Å². The second-order valence-corrected chi connectivity index (χ2v) is 9.90. The fourth-order valence-corrected chi connectivity index (χ4v) is 4.52. The number of aliphatic hydroxyl groups excluding tert-OH is 2. The Bertz CT molecular complexity index is 1240. The average molecular weight is 589 g/mol. The van der Waals surface area contributed by atoms with Gasteiger partial charge in [-0.25, -0.2) is 4.98 Å². The Labute approximate surface area is 240 Å². The summed E-state index contributed by atoms with van der Waals surface area (Å²) in [5, 5.41) is 36.0. The number of carbonyl (C=O) groups is 5. The maximum atomic E-state index is 13.3. The number of likely N-dealkylation sites (tertiary alicyclic amines) is 1. The Balaban J connectivity index is 1.71. The number of nitrogens with one attached hydrogen (secondary N) is 4. The lowest BCUT2D eigenvalue weighted by molar-refractivity contribution is -0.141. The molecule has 2 aromatic rings. The van der Waals surface area contributed by atoms with Crippen molar-refractivity contribution in [2.45, 2.75) is 55.9 Å². The molecule has 2 heterocycles. The van der Waals surface area contributed by atoms with Crippen molar-refractivity contribution in [1.29, 1.82) is 0 Å². The molecule has 1 aliphatic heterocycles. The third-order valence-electron chi connectivity index (χ3n) is 6.82. The number of primary amides is 1. The molecule has 5 amide bonds. The van der Waals surface area contributed by atoms with E-state index in [4.69, 9.17) is 11.5 Å². The van der Waals surface area contributed by atoms with E-state index in [2.05, 4.69) is 25.9 Å². The Kier molecular flexibility index (Phi) is 11.3. The molecule has 0 spiro atoms. The van der Waals surface area contributed by atoms with Gasteiger partial charge in [-0.1, -0.05) is 12.1 Å². The lowest BCUT2D eigenvalue weighted by atomic mass is 10.0. The van der Waals surface area contributed by atoms with Crippen LogP contribution in [0.3, 0.4) is 0 Å². The third-order valence-corrected chi connectivity index (χ3v) is 6.82. The van der Waals surface area contributed by atoms with Gasteiger partial charge in [0.25, 0.3) is 0 Å². The van der Waals surface area contributed by atoms with Crippen LogP contribution in [0, 0.1) is 0 Å². The fourth-order valence-electron chi connectivity index (χ4n) is 4.52. The number of imidazole rings is 1. The lowest BCUT2D eigenvalue weighted by Gasteiger charge is -2.28. The molecule has 0 saturated carbocycles. The number of nitrogens with zero attached hydrogens (tertiary/aromatic N) is 2. The molecular weight excluding hydrogens is 552 g/mol. The van der Waals surface area contributed by atoms with Gasteiger partial charge in [0.2, 0.25) is 29.5 Å². The van der Waals surface area contributed by atoms with E-state index in [-0.39, 0.29) is 25.1 Å². The van der Waals surface area contributed by atoms with Crippen LogP contribution in [-0.2, 0) is 36.8 Å². The molecule has 228 valence electrons. The zero-order chi connectivity index (χ0) is 30.8. The van der Waals surface area contributed by atoms with E-state index in [0.717, 1.165) is 0 Å². The van der Waals surface area contributed by atoms with Gasteiger partial charge in [0.1, 0.15) is 36.0 Å². The first-order valence-corrected chi connectivity index (χ1v) is 13.3. The Morgan fingerprint density at radius 2 is 1.64 bits per heavy atom. The van der Waals surface area contributed by atoms with Crippen molar-refractivity contribution in [2.24, 2.45) is 11.5 Å². The maximum absolute atomic E-state index is 13.3. The van der Waals surface area contributed by atoms with Crippen molar-refractivity contribution in [3.63, 3.8) is 0 Å². The Morgan fingerprint density at radius 3 is 2.24 bits per heavy atom. The molecule has 16 nitrogen and oxygen atoms in total. The first-order valence-electron chi connectivity index (χ1n) is 13.3. The first kappa shape index (κ1) is 32.0. The summed E-state index contributed by atoms with van der Waals surface area (Å²) >= 11 is 0. The number of aromatic nitrogens is 2. The molecule has 11 N–H and O–H groups in total. The van der Waals surface area contributed by atoms with Gasteiger partial charge in [0.05, 0.1) is 19.5 Å². The van der Waals surface area contributed by atoms with Crippen LogP contribution in [0.25, 0.3) is 0 Å². The molecule has 16 heteroatoms. The molecule has 1 saturated heterocycles. The molecule has 0 aliphatic carbocycles. The van der Waals surface area contributed by atoms with E-state index < -0.39 is 73.0 Å². The molecule has 0 radical (unpaired) electrons. The molecule has 1 aromatic carbocycles. The van der Waals surface area contributed by atoms with Crippen molar-refractivity contribution in [2.75, 3.05) is 19.8 Å². The fraction of sp³-hybridized carbons (Fsp3) is 0.462.